The molecular weight excluding hydrogens is 376 g/mol. The summed E-state index contributed by atoms with van der Waals surface area (Å²) in [5.74, 6) is 1.54. The number of halogens is 2. The van der Waals surface area contributed by atoms with Gasteiger partial charge in [0, 0.05) is 21.4 Å². The number of aromatic nitrogens is 2. The van der Waals surface area contributed by atoms with Gasteiger partial charge in [0.05, 0.1) is 0 Å². The molecule has 1 saturated carbocycles. The van der Waals surface area contributed by atoms with Crippen LogP contribution in [-0.4, -0.2) is 9.97 Å². The average Bonchev–Trinajstić information content (AvgIpc) is 3.15. The highest BCUT2D eigenvalue weighted by molar-refractivity contribution is 9.10. The topological polar surface area (TPSA) is 25.8 Å². The fraction of sp³-hybridized carbons (Fsp3) is 0.231. The van der Waals surface area contributed by atoms with Gasteiger partial charge < -0.3 is 0 Å². The Morgan fingerprint density at radius 3 is 2.61 bits per heavy atom. The monoisotopic (exact) mass is 384 g/mol. The maximum Gasteiger partial charge on any atom is 0.134 e. The second-order valence-electron chi connectivity index (χ2n) is 4.19. The molecule has 0 aliphatic heterocycles. The summed E-state index contributed by atoms with van der Waals surface area (Å²) in [5.41, 5.74) is 0. The van der Waals surface area contributed by atoms with Crippen molar-refractivity contribution in [2.75, 3.05) is 0 Å². The molecule has 1 fully saturated rings. The van der Waals surface area contributed by atoms with Crippen LogP contribution in [0.2, 0.25) is 0 Å². The van der Waals surface area contributed by atoms with Crippen LogP contribution in [-0.2, 0) is 0 Å². The molecule has 5 heteroatoms. The molecule has 0 unspecified atom stereocenters. The molecule has 0 spiro atoms. The Hall–Kier alpha value is -0.390. The molecule has 2 aromatic rings. The fourth-order valence-electron chi connectivity index (χ4n) is 1.63. The minimum absolute atomic E-state index is 0.570. The van der Waals surface area contributed by atoms with Crippen molar-refractivity contribution >= 4 is 43.6 Å². The maximum absolute atomic E-state index is 4.63. The lowest BCUT2D eigenvalue weighted by Crippen LogP contribution is -1.94. The number of hydrogen-bond acceptors (Lipinski definition) is 3. The third kappa shape index (κ3) is 2.95. The molecule has 1 aliphatic carbocycles. The van der Waals surface area contributed by atoms with E-state index in [1.54, 1.807) is 11.8 Å². The second kappa shape index (κ2) is 5.31. The lowest BCUT2D eigenvalue weighted by Gasteiger charge is -2.05. The van der Waals surface area contributed by atoms with E-state index < -0.39 is 0 Å². The van der Waals surface area contributed by atoms with Gasteiger partial charge in [-0.1, -0.05) is 23.9 Å². The lowest BCUT2D eigenvalue weighted by atomic mass is 10.4. The summed E-state index contributed by atoms with van der Waals surface area (Å²) >= 11 is 8.68. The summed E-state index contributed by atoms with van der Waals surface area (Å²) in [6.07, 6.45) is 2.44. The van der Waals surface area contributed by atoms with Gasteiger partial charge in [-0.3, -0.25) is 0 Å². The van der Waals surface area contributed by atoms with Crippen LogP contribution in [0.3, 0.4) is 0 Å². The predicted octanol–water partition coefficient (Wildman–Crippen LogP) is 5.03. The zero-order chi connectivity index (χ0) is 12.5. The molecule has 1 aromatic carbocycles. The van der Waals surface area contributed by atoms with Crippen LogP contribution in [0.25, 0.3) is 0 Å². The second-order valence-corrected chi connectivity index (χ2v) is 6.92. The van der Waals surface area contributed by atoms with Gasteiger partial charge in [0.2, 0.25) is 0 Å². The van der Waals surface area contributed by atoms with E-state index in [4.69, 9.17) is 0 Å². The molecule has 2 nitrogen and oxygen atoms in total. The van der Waals surface area contributed by atoms with Crippen LogP contribution >= 0.6 is 43.6 Å². The van der Waals surface area contributed by atoms with Crippen LogP contribution in [0.4, 0.5) is 0 Å². The van der Waals surface area contributed by atoms with Crippen LogP contribution in [0.5, 0.6) is 0 Å². The average molecular weight is 386 g/mol. The van der Waals surface area contributed by atoms with Crippen LogP contribution in [0.15, 0.2) is 49.3 Å². The Morgan fingerprint density at radius 1 is 1.11 bits per heavy atom. The Morgan fingerprint density at radius 2 is 1.89 bits per heavy atom. The van der Waals surface area contributed by atoms with Crippen molar-refractivity contribution in [3.63, 3.8) is 0 Å². The van der Waals surface area contributed by atoms with Gasteiger partial charge in [-0.15, -0.1) is 0 Å². The van der Waals surface area contributed by atoms with Crippen LogP contribution in [0, 0.1) is 0 Å². The van der Waals surface area contributed by atoms with E-state index in [0.717, 1.165) is 19.9 Å². The first kappa shape index (κ1) is 12.6. The van der Waals surface area contributed by atoms with Gasteiger partial charge in [-0.05, 0) is 56.8 Å². The highest BCUT2D eigenvalue weighted by Crippen LogP contribution is 2.40. The normalized spacial score (nSPS) is 14.8. The first-order chi connectivity index (χ1) is 8.72. The van der Waals surface area contributed by atoms with Crippen LogP contribution < -0.4 is 0 Å². The standard InChI is InChI=1S/C13H10Br2N2S/c14-9-3-1-2-4-10(9)18-12-7-11(15)16-13(17-12)8-5-6-8/h1-4,7-8H,5-6H2. The molecule has 0 amide bonds. The third-order valence-corrected chi connectivity index (χ3v) is 5.04. The van der Waals surface area contributed by atoms with E-state index >= 15 is 0 Å². The van der Waals surface area contributed by atoms with E-state index in [2.05, 4.69) is 47.9 Å². The Balaban J connectivity index is 1.90. The molecule has 0 N–H and O–H groups in total. The number of rotatable bonds is 3. The summed E-state index contributed by atoms with van der Waals surface area (Å²) in [6, 6.07) is 10.1. The van der Waals surface area contributed by atoms with Gasteiger partial charge in [0.25, 0.3) is 0 Å². The van der Waals surface area contributed by atoms with E-state index in [-0.39, 0.29) is 0 Å². The first-order valence-electron chi connectivity index (χ1n) is 5.69. The van der Waals surface area contributed by atoms with Crippen molar-refractivity contribution in [3.8, 4) is 0 Å². The Bertz CT molecular complexity index is 585. The van der Waals surface area contributed by atoms with Crippen molar-refractivity contribution in [2.45, 2.75) is 28.7 Å². The van der Waals surface area contributed by atoms with E-state index in [1.165, 1.54) is 17.7 Å². The summed E-state index contributed by atoms with van der Waals surface area (Å²) < 4.78 is 1.96. The smallest absolute Gasteiger partial charge is 0.134 e. The molecule has 0 radical (unpaired) electrons. The van der Waals surface area contributed by atoms with Gasteiger partial charge in [-0.25, -0.2) is 9.97 Å². The molecular formula is C13H10Br2N2S. The Kier molecular flexibility index (Phi) is 3.73. The largest absolute Gasteiger partial charge is 0.226 e. The summed E-state index contributed by atoms with van der Waals surface area (Å²) in [4.78, 5) is 10.2. The van der Waals surface area contributed by atoms with Gasteiger partial charge in [0.15, 0.2) is 0 Å². The lowest BCUT2D eigenvalue weighted by molar-refractivity contribution is 0.866. The highest BCUT2D eigenvalue weighted by atomic mass is 79.9. The maximum atomic E-state index is 4.63. The third-order valence-electron chi connectivity index (χ3n) is 2.68. The summed E-state index contributed by atoms with van der Waals surface area (Å²) in [7, 11) is 0. The minimum atomic E-state index is 0.570. The van der Waals surface area contributed by atoms with Crippen molar-refractivity contribution in [3.05, 3.63) is 45.2 Å². The van der Waals surface area contributed by atoms with Crippen molar-refractivity contribution in [1.29, 1.82) is 0 Å². The summed E-state index contributed by atoms with van der Waals surface area (Å²) in [5, 5.41) is 0.991. The van der Waals surface area contributed by atoms with E-state index in [1.807, 2.05) is 24.3 Å². The first-order valence-corrected chi connectivity index (χ1v) is 8.09. The van der Waals surface area contributed by atoms with Crippen molar-refractivity contribution in [1.82, 2.24) is 9.97 Å². The quantitative estimate of drug-likeness (QED) is 0.693. The fourth-order valence-corrected chi connectivity index (χ4v) is 3.56. The minimum Gasteiger partial charge on any atom is -0.226 e. The predicted molar refractivity (Wildman–Crippen MR) is 80.0 cm³/mol. The van der Waals surface area contributed by atoms with Crippen molar-refractivity contribution in [2.24, 2.45) is 0 Å². The molecule has 1 aromatic heterocycles. The van der Waals surface area contributed by atoms with Crippen LogP contribution in [0.1, 0.15) is 24.6 Å². The number of hydrogen-bond donors (Lipinski definition) is 0. The molecule has 3 rings (SSSR count). The van der Waals surface area contributed by atoms with Crippen molar-refractivity contribution < 1.29 is 0 Å². The SMILES string of the molecule is Brc1cc(Sc2ccccc2Br)nc(C2CC2)n1. The molecule has 1 aliphatic rings. The molecule has 92 valence electrons. The van der Waals surface area contributed by atoms with Gasteiger partial charge in [-0.2, -0.15) is 0 Å². The van der Waals surface area contributed by atoms with E-state index in [9.17, 15) is 0 Å². The van der Waals surface area contributed by atoms with E-state index in [0.29, 0.717) is 5.92 Å². The Labute approximate surface area is 127 Å². The number of nitrogens with zero attached hydrogens (tertiary/aromatic N) is 2. The number of benzene rings is 1. The molecule has 0 saturated heterocycles. The van der Waals surface area contributed by atoms with Gasteiger partial charge in [0.1, 0.15) is 15.5 Å². The zero-order valence-electron chi connectivity index (χ0n) is 9.44. The highest BCUT2D eigenvalue weighted by Gasteiger charge is 2.27. The molecule has 1 heterocycles. The summed E-state index contributed by atoms with van der Waals surface area (Å²) in [6.45, 7) is 0. The molecule has 0 atom stereocenters. The zero-order valence-corrected chi connectivity index (χ0v) is 13.4. The van der Waals surface area contributed by atoms with Gasteiger partial charge >= 0.3 is 0 Å². The molecule has 0 bridgehead atoms. The molecule has 18 heavy (non-hydrogen) atoms.